The van der Waals surface area contributed by atoms with Crippen molar-refractivity contribution in [3.8, 4) is 0 Å². The Morgan fingerprint density at radius 3 is 2.67 bits per heavy atom. The second-order valence-electron chi connectivity index (χ2n) is 7.03. The minimum atomic E-state index is -0.891. The number of ether oxygens (including phenoxy) is 2. The predicted octanol–water partition coefficient (Wildman–Crippen LogP) is 1.55. The molecule has 0 spiro atoms. The van der Waals surface area contributed by atoms with Gasteiger partial charge < -0.3 is 29.8 Å². The Morgan fingerprint density at radius 2 is 2.03 bits per heavy atom. The molecule has 1 aliphatic rings. The summed E-state index contributed by atoms with van der Waals surface area (Å²) in [5.74, 6) is -0.929. The topological polar surface area (TPSA) is 136 Å². The van der Waals surface area contributed by atoms with E-state index < -0.39 is 24.0 Å². The summed E-state index contributed by atoms with van der Waals surface area (Å²) in [7, 11) is 0. The highest BCUT2D eigenvalue weighted by Gasteiger charge is 2.35. The normalized spacial score (nSPS) is 16.0. The highest BCUT2D eigenvalue weighted by atomic mass is 16.5. The van der Waals surface area contributed by atoms with E-state index in [4.69, 9.17) is 13.9 Å². The Bertz CT molecular complexity index is 799. The van der Waals surface area contributed by atoms with Crippen LogP contribution in [0.1, 0.15) is 45.4 Å². The molecule has 1 aromatic rings. The summed E-state index contributed by atoms with van der Waals surface area (Å²) in [5.41, 5.74) is 0.151. The maximum atomic E-state index is 12.5. The lowest BCUT2D eigenvalue weighted by Crippen LogP contribution is -2.47. The maximum absolute atomic E-state index is 12.5. The highest BCUT2D eigenvalue weighted by Crippen LogP contribution is 2.28. The van der Waals surface area contributed by atoms with Crippen molar-refractivity contribution in [3.63, 3.8) is 0 Å². The van der Waals surface area contributed by atoms with Gasteiger partial charge in [-0.25, -0.2) is 9.59 Å². The number of carbonyl (C=O) groups excluding carboxylic acids is 4. The molecular weight excluding hydrogens is 394 g/mol. The highest BCUT2D eigenvalue weighted by molar-refractivity contribution is 5.95. The molecule has 1 aromatic heterocycles. The average Bonchev–Trinajstić information content (AvgIpc) is 3.23. The van der Waals surface area contributed by atoms with Crippen molar-refractivity contribution in [3.05, 3.63) is 35.4 Å². The SMILES string of the molecule is CCOC(=O)C1=C(COC(=O)CNC(=O)CCC(C)C)NC(=O)NC1c1ccco1. The first-order chi connectivity index (χ1) is 14.3. The minimum Gasteiger partial charge on any atom is -0.467 e. The Hall–Kier alpha value is -3.30. The van der Waals surface area contributed by atoms with Gasteiger partial charge in [-0.1, -0.05) is 13.8 Å². The molecule has 10 nitrogen and oxygen atoms in total. The van der Waals surface area contributed by atoms with Gasteiger partial charge in [0.25, 0.3) is 0 Å². The molecule has 3 N–H and O–H groups in total. The van der Waals surface area contributed by atoms with Gasteiger partial charge in [-0.2, -0.15) is 0 Å². The molecular formula is C20H27N3O7. The number of furan rings is 1. The fourth-order valence-electron chi connectivity index (χ4n) is 2.73. The average molecular weight is 421 g/mol. The van der Waals surface area contributed by atoms with Crippen molar-refractivity contribution in [1.29, 1.82) is 0 Å². The summed E-state index contributed by atoms with van der Waals surface area (Å²) in [6.45, 7) is 5.08. The third kappa shape index (κ3) is 6.64. The molecule has 1 atom stereocenters. The lowest BCUT2D eigenvalue weighted by Gasteiger charge is -2.27. The van der Waals surface area contributed by atoms with E-state index in [1.807, 2.05) is 13.8 Å². The fourth-order valence-corrected chi connectivity index (χ4v) is 2.73. The number of amides is 3. The molecule has 1 unspecified atom stereocenters. The summed E-state index contributed by atoms with van der Waals surface area (Å²) in [4.78, 5) is 48.3. The zero-order valence-corrected chi connectivity index (χ0v) is 17.3. The van der Waals surface area contributed by atoms with Crippen LogP contribution in [-0.4, -0.2) is 43.6 Å². The molecule has 0 aromatic carbocycles. The van der Waals surface area contributed by atoms with Crippen LogP contribution in [0.4, 0.5) is 4.79 Å². The molecule has 10 heteroatoms. The second-order valence-corrected chi connectivity index (χ2v) is 7.03. The van der Waals surface area contributed by atoms with Gasteiger partial charge in [0, 0.05) is 6.42 Å². The summed E-state index contributed by atoms with van der Waals surface area (Å²) < 4.78 is 15.5. The first-order valence-electron chi connectivity index (χ1n) is 9.75. The molecule has 0 fully saturated rings. The molecule has 2 heterocycles. The third-order valence-corrected chi connectivity index (χ3v) is 4.23. The molecule has 3 amide bonds. The minimum absolute atomic E-state index is 0.0696. The number of urea groups is 1. The van der Waals surface area contributed by atoms with E-state index >= 15 is 0 Å². The van der Waals surface area contributed by atoms with Crippen molar-refractivity contribution in [2.75, 3.05) is 19.8 Å². The van der Waals surface area contributed by atoms with Gasteiger partial charge in [0.2, 0.25) is 5.91 Å². The summed E-state index contributed by atoms with van der Waals surface area (Å²) >= 11 is 0. The second kappa shape index (κ2) is 11.0. The monoisotopic (exact) mass is 421 g/mol. The Labute approximate surface area is 174 Å². The number of esters is 2. The zero-order valence-electron chi connectivity index (χ0n) is 17.3. The number of carbonyl (C=O) groups is 4. The Morgan fingerprint density at radius 1 is 1.27 bits per heavy atom. The smallest absolute Gasteiger partial charge is 0.338 e. The van der Waals surface area contributed by atoms with Crippen LogP contribution in [0, 0.1) is 5.92 Å². The number of rotatable bonds is 10. The molecule has 0 saturated heterocycles. The van der Waals surface area contributed by atoms with Crippen molar-refractivity contribution in [2.24, 2.45) is 5.92 Å². The van der Waals surface area contributed by atoms with Gasteiger partial charge in [0.15, 0.2) is 0 Å². The predicted molar refractivity (Wildman–Crippen MR) is 105 cm³/mol. The molecule has 2 rings (SSSR count). The van der Waals surface area contributed by atoms with Gasteiger partial charge in [-0.3, -0.25) is 9.59 Å². The van der Waals surface area contributed by atoms with E-state index in [1.54, 1.807) is 19.1 Å². The van der Waals surface area contributed by atoms with Gasteiger partial charge in [0.1, 0.15) is 25.0 Å². The molecule has 0 radical (unpaired) electrons. The standard InChI is InChI=1S/C20H27N3O7/c1-4-28-19(26)17-13(22-20(27)23-18(17)14-6-5-9-29-14)11-30-16(25)10-21-15(24)8-7-12(2)3/h5-6,9,12,18H,4,7-8,10-11H2,1-3H3,(H,21,24)(H2,22,23,27). The van der Waals surface area contributed by atoms with Crippen molar-refractivity contribution in [1.82, 2.24) is 16.0 Å². The zero-order chi connectivity index (χ0) is 22.1. The summed E-state index contributed by atoms with van der Waals surface area (Å²) in [6, 6.07) is 1.74. The summed E-state index contributed by atoms with van der Waals surface area (Å²) in [5, 5.41) is 7.55. The first-order valence-corrected chi connectivity index (χ1v) is 9.75. The quantitative estimate of drug-likeness (QED) is 0.488. The van der Waals surface area contributed by atoms with Crippen LogP contribution < -0.4 is 16.0 Å². The van der Waals surface area contributed by atoms with E-state index in [9.17, 15) is 19.2 Å². The molecule has 0 bridgehead atoms. The molecule has 1 aliphatic heterocycles. The first kappa shape index (κ1) is 23.0. The van der Waals surface area contributed by atoms with Crippen LogP contribution in [-0.2, 0) is 23.9 Å². The van der Waals surface area contributed by atoms with Gasteiger partial charge in [-0.15, -0.1) is 0 Å². The maximum Gasteiger partial charge on any atom is 0.338 e. The van der Waals surface area contributed by atoms with Gasteiger partial charge >= 0.3 is 18.0 Å². The number of hydrogen-bond donors (Lipinski definition) is 3. The van der Waals surface area contributed by atoms with Crippen LogP contribution in [0.15, 0.2) is 34.1 Å². The third-order valence-electron chi connectivity index (χ3n) is 4.23. The van der Waals surface area contributed by atoms with Crippen LogP contribution in [0.25, 0.3) is 0 Å². The van der Waals surface area contributed by atoms with Crippen molar-refractivity contribution in [2.45, 2.75) is 39.7 Å². The van der Waals surface area contributed by atoms with E-state index in [2.05, 4.69) is 16.0 Å². The molecule has 164 valence electrons. The fraction of sp³-hybridized carbons (Fsp3) is 0.500. The molecule has 0 aliphatic carbocycles. The molecule has 0 saturated carbocycles. The van der Waals surface area contributed by atoms with E-state index in [0.29, 0.717) is 24.5 Å². The lowest BCUT2D eigenvalue weighted by molar-refractivity contribution is -0.143. The van der Waals surface area contributed by atoms with E-state index in [-0.39, 0.29) is 36.9 Å². The van der Waals surface area contributed by atoms with Crippen LogP contribution in [0.3, 0.4) is 0 Å². The van der Waals surface area contributed by atoms with Crippen LogP contribution >= 0.6 is 0 Å². The van der Waals surface area contributed by atoms with Gasteiger partial charge in [0.05, 0.1) is 24.1 Å². The van der Waals surface area contributed by atoms with E-state index in [0.717, 1.165) is 0 Å². The van der Waals surface area contributed by atoms with Crippen molar-refractivity contribution >= 4 is 23.9 Å². The Kier molecular flexibility index (Phi) is 8.45. The van der Waals surface area contributed by atoms with Gasteiger partial charge in [-0.05, 0) is 31.4 Å². The molecule has 30 heavy (non-hydrogen) atoms. The van der Waals surface area contributed by atoms with Crippen molar-refractivity contribution < 1.29 is 33.1 Å². The Balaban J connectivity index is 2.06. The lowest BCUT2D eigenvalue weighted by atomic mass is 10.0. The number of hydrogen-bond acceptors (Lipinski definition) is 7. The van der Waals surface area contributed by atoms with E-state index in [1.165, 1.54) is 6.26 Å². The summed E-state index contributed by atoms with van der Waals surface area (Å²) in [6.07, 6.45) is 2.44. The number of nitrogens with one attached hydrogen (secondary N) is 3. The van der Waals surface area contributed by atoms with Crippen LogP contribution in [0.2, 0.25) is 0 Å². The largest absolute Gasteiger partial charge is 0.467 e. The van der Waals surface area contributed by atoms with Crippen LogP contribution in [0.5, 0.6) is 0 Å².